The number of rotatable bonds is 3. The molecule has 3 heteroatoms. The van der Waals surface area contributed by atoms with Crippen LogP contribution in [0.25, 0.3) is 0 Å². The predicted molar refractivity (Wildman–Crippen MR) is 79.1 cm³/mol. The van der Waals surface area contributed by atoms with Crippen molar-refractivity contribution in [3.05, 3.63) is 16.1 Å². The highest BCUT2D eigenvalue weighted by Gasteiger charge is 2.18. The van der Waals surface area contributed by atoms with Crippen LogP contribution >= 0.6 is 11.3 Å². The van der Waals surface area contributed by atoms with Crippen LogP contribution in [0.5, 0.6) is 0 Å². The largest absolute Gasteiger partial charge is 0.308 e. The van der Waals surface area contributed by atoms with Gasteiger partial charge in [-0.3, -0.25) is 0 Å². The fraction of sp³-hybridized carbons (Fsp3) is 0.800. The van der Waals surface area contributed by atoms with Crippen LogP contribution in [-0.2, 0) is 12.0 Å². The van der Waals surface area contributed by atoms with E-state index in [1.54, 1.807) is 11.3 Å². The van der Waals surface area contributed by atoms with Gasteiger partial charge in [-0.25, -0.2) is 4.98 Å². The Labute approximate surface area is 115 Å². The molecule has 0 radical (unpaired) electrons. The fourth-order valence-electron chi connectivity index (χ4n) is 2.45. The lowest BCUT2D eigenvalue weighted by Crippen LogP contribution is -2.27. The molecular formula is C15H26N2S. The first-order valence-electron chi connectivity index (χ1n) is 7.24. The smallest absolute Gasteiger partial charge is 0.107 e. The zero-order valence-electron chi connectivity index (χ0n) is 12.0. The van der Waals surface area contributed by atoms with Gasteiger partial charge in [-0.1, -0.05) is 46.5 Å². The summed E-state index contributed by atoms with van der Waals surface area (Å²) >= 11 is 1.80. The van der Waals surface area contributed by atoms with E-state index in [-0.39, 0.29) is 5.41 Å². The van der Waals surface area contributed by atoms with Crippen LogP contribution in [0.4, 0.5) is 0 Å². The Morgan fingerprint density at radius 1 is 1.22 bits per heavy atom. The van der Waals surface area contributed by atoms with Gasteiger partial charge in [0.2, 0.25) is 0 Å². The molecule has 1 heterocycles. The normalized spacial score (nSPS) is 18.8. The minimum absolute atomic E-state index is 0.178. The molecule has 0 atom stereocenters. The first-order chi connectivity index (χ1) is 8.55. The highest BCUT2D eigenvalue weighted by Crippen LogP contribution is 2.24. The fourth-order valence-corrected chi connectivity index (χ4v) is 3.42. The van der Waals surface area contributed by atoms with E-state index in [2.05, 4.69) is 31.5 Å². The molecule has 1 N–H and O–H groups in total. The molecule has 0 saturated heterocycles. The Hall–Kier alpha value is -0.410. The molecule has 2 rings (SSSR count). The Morgan fingerprint density at radius 3 is 2.44 bits per heavy atom. The van der Waals surface area contributed by atoms with Crippen LogP contribution in [0.1, 0.15) is 70.0 Å². The molecule has 0 aromatic carbocycles. The van der Waals surface area contributed by atoms with Crippen molar-refractivity contribution >= 4 is 11.3 Å². The third kappa shape index (κ3) is 4.06. The van der Waals surface area contributed by atoms with E-state index in [4.69, 9.17) is 4.98 Å². The molecule has 1 aliphatic carbocycles. The van der Waals surface area contributed by atoms with Crippen molar-refractivity contribution in [3.63, 3.8) is 0 Å². The van der Waals surface area contributed by atoms with Crippen LogP contribution in [-0.4, -0.2) is 11.0 Å². The van der Waals surface area contributed by atoms with Crippen molar-refractivity contribution in [2.24, 2.45) is 0 Å². The summed E-state index contributed by atoms with van der Waals surface area (Å²) in [5.74, 6) is 0. The van der Waals surface area contributed by atoms with Gasteiger partial charge < -0.3 is 5.32 Å². The van der Waals surface area contributed by atoms with Gasteiger partial charge in [-0.05, 0) is 12.8 Å². The SMILES string of the molecule is CC(C)(C)c1csc(CNC2CCCCCC2)n1. The third-order valence-electron chi connectivity index (χ3n) is 3.72. The van der Waals surface area contributed by atoms with Crippen molar-refractivity contribution in [2.75, 3.05) is 0 Å². The van der Waals surface area contributed by atoms with Gasteiger partial charge in [-0.15, -0.1) is 11.3 Å². The lowest BCUT2D eigenvalue weighted by Gasteiger charge is -2.16. The molecule has 0 amide bonds. The van der Waals surface area contributed by atoms with Crippen LogP contribution in [0.3, 0.4) is 0 Å². The maximum absolute atomic E-state index is 4.75. The standard InChI is InChI=1S/C15H26N2S/c1-15(2,3)13-11-18-14(17-13)10-16-12-8-6-4-5-7-9-12/h11-12,16H,4-10H2,1-3H3. The van der Waals surface area contributed by atoms with E-state index in [9.17, 15) is 0 Å². The third-order valence-corrected chi connectivity index (χ3v) is 4.57. The minimum atomic E-state index is 0.178. The maximum atomic E-state index is 4.75. The summed E-state index contributed by atoms with van der Waals surface area (Å²) in [6.07, 6.45) is 8.31. The van der Waals surface area contributed by atoms with Gasteiger partial charge in [0.25, 0.3) is 0 Å². The van der Waals surface area contributed by atoms with E-state index in [0.717, 1.165) is 12.6 Å². The Morgan fingerprint density at radius 2 is 1.89 bits per heavy atom. The lowest BCUT2D eigenvalue weighted by atomic mass is 9.93. The van der Waals surface area contributed by atoms with Crippen LogP contribution in [0, 0.1) is 0 Å². The number of nitrogens with one attached hydrogen (secondary N) is 1. The van der Waals surface area contributed by atoms with Gasteiger partial charge in [0.05, 0.1) is 5.69 Å². The number of thiazole rings is 1. The van der Waals surface area contributed by atoms with Gasteiger partial charge in [0.15, 0.2) is 0 Å². The zero-order valence-corrected chi connectivity index (χ0v) is 12.8. The lowest BCUT2D eigenvalue weighted by molar-refractivity contribution is 0.457. The van der Waals surface area contributed by atoms with E-state index in [0.29, 0.717) is 0 Å². The maximum Gasteiger partial charge on any atom is 0.107 e. The van der Waals surface area contributed by atoms with Gasteiger partial charge >= 0.3 is 0 Å². The molecule has 2 nitrogen and oxygen atoms in total. The summed E-state index contributed by atoms with van der Waals surface area (Å²) in [6, 6.07) is 0.717. The summed E-state index contributed by atoms with van der Waals surface area (Å²) in [4.78, 5) is 4.75. The first kappa shape index (κ1) is 14.0. The predicted octanol–water partition coefficient (Wildman–Crippen LogP) is 4.25. The van der Waals surface area contributed by atoms with Crippen LogP contribution < -0.4 is 5.32 Å². The molecule has 102 valence electrons. The quantitative estimate of drug-likeness (QED) is 0.827. The molecule has 1 aromatic rings. The average molecular weight is 266 g/mol. The Balaban J connectivity index is 1.84. The zero-order chi connectivity index (χ0) is 13.0. The molecule has 1 aromatic heterocycles. The monoisotopic (exact) mass is 266 g/mol. The molecule has 0 aliphatic heterocycles. The molecule has 18 heavy (non-hydrogen) atoms. The molecule has 0 spiro atoms. The molecule has 0 bridgehead atoms. The summed E-state index contributed by atoms with van der Waals surface area (Å²) in [6.45, 7) is 7.63. The highest BCUT2D eigenvalue weighted by atomic mass is 32.1. The second kappa shape index (κ2) is 6.16. The van der Waals surface area contributed by atoms with E-state index >= 15 is 0 Å². The summed E-state index contributed by atoms with van der Waals surface area (Å²) in [5, 5.41) is 7.14. The van der Waals surface area contributed by atoms with Gasteiger partial charge in [0, 0.05) is 23.4 Å². The van der Waals surface area contributed by atoms with Crippen molar-refractivity contribution in [3.8, 4) is 0 Å². The first-order valence-corrected chi connectivity index (χ1v) is 8.12. The topological polar surface area (TPSA) is 24.9 Å². The highest BCUT2D eigenvalue weighted by molar-refractivity contribution is 7.09. The number of hydrogen-bond acceptors (Lipinski definition) is 3. The van der Waals surface area contributed by atoms with E-state index in [1.807, 2.05) is 0 Å². The Kier molecular flexibility index (Phi) is 4.79. The van der Waals surface area contributed by atoms with Crippen molar-refractivity contribution < 1.29 is 0 Å². The average Bonchev–Trinajstić information content (AvgIpc) is 2.64. The van der Waals surface area contributed by atoms with Crippen molar-refractivity contribution in [2.45, 2.75) is 77.3 Å². The summed E-state index contributed by atoms with van der Waals surface area (Å²) < 4.78 is 0. The number of hydrogen-bond donors (Lipinski definition) is 1. The number of nitrogens with zero attached hydrogens (tertiary/aromatic N) is 1. The Bertz CT molecular complexity index is 357. The minimum Gasteiger partial charge on any atom is -0.308 e. The second-order valence-corrected chi connectivity index (χ2v) is 7.39. The van der Waals surface area contributed by atoms with Crippen LogP contribution in [0.2, 0.25) is 0 Å². The van der Waals surface area contributed by atoms with Crippen molar-refractivity contribution in [1.82, 2.24) is 10.3 Å². The summed E-state index contributed by atoms with van der Waals surface area (Å²) in [7, 11) is 0. The van der Waals surface area contributed by atoms with Crippen LogP contribution in [0.15, 0.2) is 5.38 Å². The second-order valence-electron chi connectivity index (χ2n) is 6.45. The molecule has 1 aliphatic rings. The number of aromatic nitrogens is 1. The van der Waals surface area contributed by atoms with Crippen molar-refractivity contribution in [1.29, 1.82) is 0 Å². The summed E-state index contributed by atoms with van der Waals surface area (Å²) in [5.41, 5.74) is 1.40. The molecular weight excluding hydrogens is 240 g/mol. The molecule has 1 fully saturated rings. The van der Waals surface area contributed by atoms with Gasteiger partial charge in [0.1, 0.15) is 5.01 Å². The van der Waals surface area contributed by atoms with E-state index in [1.165, 1.54) is 49.2 Å². The van der Waals surface area contributed by atoms with E-state index < -0.39 is 0 Å². The van der Waals surface area contributed by atoms with Gasteiger partial charge in [-0.2, -0.15) is 0 Å². The molecule has 0 unspecified atom stereocenters. The molecule has 1 saturated carbocycles.